The number of aliphatic hydroxyl groups is 1. The van der Waals surface area contributed by atoms with Crippen LogP contribution in [0.25, 0.3) is 0 Å². The minimum Gasteiger partial charge on any atom is -0.481 e. The Morgan fingerprint density at radius 3 is 2.68 bits per heavy atom. The van der Waals surface area contributed by atoms with Crippen LogP contribution >= 0.6 is 11.6 Å². The van der Waals surface area contributed by atoms with E-state index in [1.54, 1.807) is 0 Å². The lowest BCUT2D eigenvalue weighted by atomic mass is 9.69. The van der Waals surface area contributed by atoms with Gasteiger partial charge >= 0.3 is 11.7 Å². The molecule has 4 atom stereocenters. The maximum atomic E-state index is 15.2. The number of hydrogen-bond donors (Lipinski definition) is 3. The number of aliphatic hydroxyl groups excluding tert-OH is 1. The number of anilines is 1. The molecule has 1 fully saturated rings. The number of carbonyl (C=O) groups is 1. The number of hydrogen-bond acceptors (Lipinski definition) is 6. The number of rotatable bonds is 5. The van der Waals surface area contributed by atoms with Crippen LogP contribution in [0.15, 0.2) is 11.0 Å². The number of ether oxygens (including phenoxy) is 1. The summed E-state index contributed by atoms with van der Waals surface area (Å²) in [5.74, 6) is -4.94. The molecular formula is C14H18ClF2N3O5. The van der Waals surface area contributed by atoms with Gasteiger partial charge < -0.3 is 20.7 Å². The molecule has 0 amide bonds. The van der Waals surface area contributed by atoms with E-state index in [0.717, 1.165) is 0 Å². The second-order valence-electron chi connectivity index (χ2n) is 6.48. The van der Waals surface area contributed by atoms with Gasteiger partial charge in [-0.2, -0.15) is 4.98 Å². The van der Waals surface area contributed by atoms with Crippen LogP contribution in [0.1, 0.15) is 20.1 Å². The Morgan fingerprint density at radius 1 is 1.60 bits per heavy atom. The standard InChI is InChI=1S/C14H18ClF2N3O5/c1-13(2,11(22)23)8-7(17)10(25-14(8,4-15)5-21)20-3-6(16)9(18)19-12(20)24/h3,7-8,10,21H,4-5H2,1-2H3,(H,22,23)(H2,18,19,24)/t7-,8+,10+,14-/m0/s1. The Morgan fingerprint density at radius 2 is 2.20 bits per heavy atom. The summed E-state index contributed by atoms with van der Waals surface area (Å²) >= 11 is 5.84. The first-order chi connectivity index (χ1) is 11.5. The lowest BCUT2D eigenvalue weighted by Gasteiger charge is -2.38. The summed E-state index contributed by atoms with van der Waals surface area (Å²) in [7, 11) is 0. The average Bonchev–Trinajstić information content (AvgIpc) is 2.84. The number of alkyl halides is 2. The number of aromatic nitrogens is 2. The van der Waals surface area contributed by atoms with Gasteiger partial charge in [0.05, 0.1) is 24.1 Å². The zero-order chi connectivity index (χ0) is 19.2. The van der Waals surface area contributed by atoms with Gasteiger partial charge in [0.1, 0.15) is 5.60 Å². The highest BCUT2D eigenvalue weighted by Crippen LogP contribution is 2.51. The third kappa shape index (κ3) is 2.98. The third-order valence-corrected chi connectivity index (χ3v) is 5.00. The normalized spacial score (nSPS) is 29.8. The van der Waals surface area contributed by atoms with E-state index in [4.69, 9.17) is 22.1 Å². The minimum atomic E-state index is -2.08. The molecule has 8 nitrogen and oxygen atoms in total. The van der Waals surface area contributed by atoms with Crippen molar-refractivity contribution in [1.29, 1.82) is 0 Å². The molecule has 1 aromatic heterocycles. The van der Waals surface area contributed by atoms with Crippen LogP contribution < -0.4 is 11.4 Å². The Balaban J connectivity index is 2.60. The fraction of sp³-hybridized carbons (Fsp3) is 0.643. The molecule has 1 saturated heterocycles. The van der Waals surface area contributed by atoms with E-state index >= 15 is 4.39 Å². The van der Waals surface area contributed by atoms with E-state index in [1.807, 2.05) is 0 Å². The van der Waals surface area contributed by atoms with Crippen LogP contribution in [0.4, 0.5) is 14.6 Å². The van der Waals surface area contributed by atoms with Crippen LogP contribution in [-0.2, 0) is 9.53 Å². The summed E-state index contributed by atoms with van der Waals surface area (Å²) in [6.07, 6.45) is -3.18. The Labute approximate surface area is 146 Å². The molecule has 0 bridgehead atoms. The molecular weight excluding hydrogens is 364 g/mol. The van der Waals surface area contributed by atoms with Crippen molar-refractivity contribution >= 4 is 23.4 Å². The van der Waals surface area contributed by atoms with Gasteiger partial charge in [0.15, 0.2) is 24.0 Å². The molecule has 0 spiro atoms. The Kier molecular flexibility index (Phi) is 5.08. The zero-order valence-corrected chi connectivity index (χ0v) is 14.2. The smallest absolute Gasteiger partial charge is 0.351 e. The van der Waals surface area contributed by atoms with Crippen molar-refractivity contribution in [2.24, 2.45) is 11.3 Å². The topological polar surface area (TPSA) is 128 Å². The van der Waals surface area contributed by atoms with Gasteiger partial charge in [-0.25, -0.2) is 13.6 Å². The van der Waals surface area contributed by atoms with Crippen molar-refractivity contribution in [2.45, 2.75) is 31.8 Å². The highest BCUT2D eigenvalue weighted by atomic mass is 35.5. The number of carboxylic acids is 1. The van der Waals surface area contributed by atoms with E-state index in [-0.39, 0.29) is 0 Å². The van der Waals surface area contributed by atoms with E-state index in [0.29, 0.717) is 10.8 Å². The monoisotopic (exact) mass is 381 g/mol. The molecule has 1 aliphatic rings. The summed E-state index contributed by atoms with van der Waals surface area (Å²) in [4.78, 5) is 26.8. The number of aliphatic carboxylic acids is 1. The molecule has 25 heavy (non-hydrogen) atoms. The fourth-order valence-electron chi connectivity index (χ4n) is 3.16. The quantitative estimate of drug-likeness (QED) is 0.634. The van der Waals surface area contributed by atoms with E-state index in [2.05, 4.69) is 4.98 Å². The largest absolute Gasteiger partial charge is 0.481 e. The summed E-state index contributed by atoms with van der Waals surface area (Å²) in [5, 5.41) is 19.1. The molecule has 140 valence electrons. The van der Waals surface area contributed by atoms with Gasteiger partial charge in [-0.1, -0.05) is 0 Å². The fourth-order valence-corrected chi connectivity index (χ4v) is 3.48. The van der Waals surface area contributed by atoms with E-state index in [1.165, 1.54) is 13.8 Å². The van der Waals surface area contributed by atoms with Gasteiger partial charge in [-0.3, -0.25) is 9.36 Å². The van der Waals surface area contributed by atoms with Gasteiger partial charge in [0, 0.05) is 5.92 Å². The van der Waals surface area contributed by atoms with E-state index in [9.17, 15) is 24.2 Å². The molecule has 0 radical (unpaired) electrons. The summed E-state index contributed by atoms with van der Waals surface area (Å²) < 4.78 is 34.8. The highest BCUT2D eigenvalue weighted by Gasteiger charge is 2.63. The van der Waals surface area contributed by atoms with Gasteiger partial charge in [-0.15, -0.1) is 11.6 Å². The first-order valence-electron chi connectivity index (χ1n) is 7.28. The lowest BCUT2D eigenvalue weighted by Crippen LogP contribution is -2.52. The summed E-state index contributed by atoms with van der Waals surface area (Å²) in [6, 6.07) is 0. The van der Waals surface area contributed by atoms with Crippen molar-refractivity contribution in [2.75, 3.05) is 18.2 Å². The molecule has 1 aliphatic heterocycles. The van der Waals surface area contributed by atoms with E-state index < -0.39 is 65.1 Å². The van der Waals surface area contributed by atoms with Crippen molar-refractivity contribution in [3.63, 3.8) is 0 Å². The molecule has 0 aromatic carbocycles. The number of nitrogens with two attached hydrogens (primary N) is 1. The maximum Gasteiger partial charge on any atom is 0.351 e. The van der Waals surface area contributed by atoms with Crippen molar-refractivity contribution in [3.05, 3.63) is 22.5 Å². The molecule has 0 aliphatic carbocycles. The van der Waals surface area contributed by atoms with Crippen LogP contribution in [0.2, 0.25) is 0 Å². The van der Waals surface area contributed by atoms with Crippen LogP contribution in [-0.4, -0.2) is 50.0 Å². The molecule has 4 N–H and O–H groups in total. The van der Waals surface area contributed by atoms with Gasteiger partial charge in [0.25, 0.3) is 0 Å². The summed E-state index contributed by atoms with van der Waals surface area (Å²) in [5.41, 5.74) is 0.624. The van der Waals surface area contributed by atoms with Crippen LogP contribution in [0, 0.1) is 17.2 Å². The number of nitrogens with zero attached hydrogens (tertiary/aromatic N) is 2. The molecule has 11 heteroatoms. The van der Waals surface area contributed by atoms with Crippen LogP contribution in [0.3, 0.4) is 0 Å². The first kappa shape index (κ1) is 19.5. The second-order valence-corrected chi connectivity index (χ2v) is 6.75. The highest BCUT2D eigenvalue weighted by molar-refractivity contribution is 6.18. The van der Waals surface area contributed by atoms with Crippen molar-refractivity contribution < 1.29 is 28.5 Å². The third-order valence-electron chi connectivity index (χ3n) is 4.54. The van der Waals surface area contributed by atoms with Crippen LogP contribution in [0.5, 0.6) is 0 Å². The van der Waals surface area contributed by atoms with Crippen molar-refractivity contribution in [1.82, 2.24) is 9.55 Å². The van der Waals surface area contributed by atoms with Crippen molar-refractivity contribution in [3.8, 4) is 0 Å². The Bertz CT molecular complexity index is 738. The van der Waals surface area contributed by atoms with Gasteiger partial charge in [0.2, 0.25) is 0 Å². The second kappa shape index (κ2) is 6.50. The zero-order valence-electron chi connectivity index (χ0n) is 13.4. The maximum absolute atomic E-state index is 15.2. The van der Waals surface area contributed by atoms with Gasteiger partial charge in [-0.05, 0) is 13.8 Å². The lowest BCUT2D eigenvalue weighted by molar-refractivity contribution is -0.159. The first-order valence-corrected chi connectivity index (χ1v) is 7.81. The molecule has 1 aromatic rings. The predicted molar refractivity (Wildman–Crippen MR) is 83.3 cm³/mol. The summed E-state index contributed by atoms with van der Waals surface area (Å²) in [6.45, 7) is 1.70. The number of nitrogen functional groups attached to an aromatic ring is 1. The SMILES string of the molecule is CC(C)(C(=O)O)[C@H]1[C@H](F)[C@H](n2cc(F)c(N)nc2=O)O[C@]1(CO)CCl. The minimum absolute atomic E-state index is 0.443. The number of halogens is 3. The number of carboxylic acid groups (broad SMARTS) is 1. The molecule has 0 saturated carbocycles. The average molecular weight is 382 g/mol. The predicted octanol–water partition coefficient (Wildman–Crippen LogP) is 0.528. The molecule has 0 unspecified atom stereocenters. The molecule has 2 heterocycles. The molecule has 2 rings (SSSR count). The Hall–Kier alpha value is -1.78.